The maximum Gasteiger partial charge on any atom is 0.263 e. The number of benzene rings is 2. The average Bonchev–Trinajstić information content (AvgIpc) is 3.08. The minimum atomic E-state index is -0.507. The number of fused-ring (bicyclic) bond motifs is 1. The summed E-state index contributed by atoms with van der Waals surface area (Å²) in [5.74, 6) is -0.858. The molecule has 3 rings (SSSR count). The second-order valence-electron chi connectivity index (χ2n) is 6.43. The van der Waals surface area contributed by atoms with E-state index in [0.717, 1.165) is 28.9 Å². The highest BCUT2D eigenvalue weighted by atomic mass is 32.1. The number of halogens is 1. The van der Waals surface area contributed by atoms with Gasteiger partial charge in [0, 0.05) is 13.1 Å². The molecule has 0 spiro atoms. The number of amides is 1. The van der Waals surface area contributed by atoms with Gasteiger partial charge in [-0.25, -0.2) is 9.37 Å². The smallest absolute Gasteiger partial charge is 0.263 e. The van der Waals surface area contributed by atoms with Crippen molar-refractivity contribution in [2.24, 2.45) is 0 Å². The number of thiazole rings is 1. The standard InChI is InChI=1S/C21H24FN3OS/c1-4-24(5-2)12-13-25(20(26)16-8-6-7-9-17(16)22)21-23-18-11-10-15(3)14-19(18)27-21/h6-11,14H,4-5,12-13H2,1-3H3. The second-order valence-corrected chi connectivity index (χ2v) is 7.44. The van der Waals surface area contributed by atoms with Crippen molar-refractivity contribution in [1.82, 2.24) is 9.88 Å². The molecule has 2 aromatic carbocycles. The van der Waals surface area contributed by atoms with E-state index in [4.69, 9.17) is 0 Å². The number of aryl methyl sites for hydroxylation is 1. The van der Waals surface area contributed by atoms with Crippen LogP contribution in [0.1, 0.15) is 29.8 Å². The van der Waals surface area contributed by atoms with E-state index >= 15 is 0 Å². The van der Waals surface area contributed by atoms with Crippen molar-refractivity contribution in [3.8, 4) is 0 Å². The first-order chi connectivity index (χ1) is 13.0. The monoisotopic (exact) mass is 385 g/mol. The van der Waals surface area contributed by atoms with Gasteiger partial charge in [0.1, 0.15) is 5.82 Å². The Hall–Kier alpha value is -2.31. The first-order valence-corrected chi connectivity index (χ1v) is 10.0. The van der Waals surface area contributed by atoms with E-state index in [9.17, 15) is 9.18 Å². The van der Waals surface area contributed by atoms with Crippen LogP contribution in [-0.4, -0.2) is 42.0 Å². The molecule has 4 nitrogen and oxygen atoms in total. The van der Waals surface area contributed by atoms with Gasteiger partial charge in [0.25, 0.3) is 5.91 Å². The number of anilines is 1. The second kappa shape index (κ2) is 8.59. The quantitative estimate of drug-likeness (QED) is 0.590. The van der Waals surface area contributed by atoms with Gasteiger partial charge in [0.15, 0.2) is 5.13 Å². The van der Waals surface area contributed by atoms with Crippen LogP contribution in [0.15, 0.2) is 42.5 Å². The van der Waals surface area contributed by atoms with Gasteiger partial charge in [-0.05, 0) is 49.8 Å². The highest BCUT2D eigenvalue weighted by molar-refractivity contribution is 7.22. The number of aromatic nitrogens is 1. The van der Waals surface area contributed by atoms with Crippen molar-refractivity contribution in [3.05, 3.63) is 59.4 Å². The van der Waals surface area contributed by atoms with Gasteiger partial charge < -0.3 is 4.90 Å². The van der Waals surface area contributed by atoms with Crippen LogP contribution in [0.3, 0.4) is 0 Å². The predicted octanol–water partition coefficient (Wildman–Crippen LogP) is 4.73. The van der Waals surface area contributed by atoms with Gasteiger partial charge >= 0.3 is 0 Å². The third-order valence-corrected chi connectivity index (χ3v) is 5.69. The summed E-state index contributed by atoms with van der Waals surface area (Å²) in [5, 5.41) is 0.607. The van der Waals surface area contributed by atoms with Crippen molar-refractivity contribution in [1.29, 1.82) is 0 Å². The number of carbonyl (C=O) groups excluding carboxylic acids is 1. The van der Waals surface area contributed by atoms with Crippen LogP contribution in [-0.2, 0) is 0 Å². The molecule has 142 valence electrons. The maximum absolute atomic E-state index is 14.2. The molecule has 0 radical (unpaired) electrons. The summed E-state index contributed by atoms with van der Waals surface area (Å²) in [6.07, 6.45) is 0. The Morgan fingerprint density at radius 2 is 1.85 bits per heavy atom. The van der Waals surface area contributed by atoms with Gasteiger partial charge in [-0.15, -0.1) is 0 Å². The number of hydrogen-bond donors (Lipinski definition) is 0. The van der Waals surface area contributed by atoms with Gasteiger partial charge in [-0.3, -0.25) is 9.69 Å². The number of likely N-dealkylation sites (N-methyl/N-ethyl adjacent to an activating group) is 1. The zero-order valence-corrected chi connectivity index (χ0v) is 16.7. The van der Waals surface area contributed by atoms with Gasteiger partial charge in [-0.2, -0.15) is 0 Å². The van der Waals surface area contributed by atoms with E-state index < -0.39 is 5.82 Å². The molecule has 0 aliphatic rings. The lowest BCUT2D eigenvalue weighted by atomic mass is 10.2. The zero-order valence-electron chi connectivity index (χ0n) is 15.9. The highest BCUT2D eigenvalue weighted by Crippen LogP contribution is 2.30. The molecule has 0 atom stereocenters. The lowest BCUT2D eigenvalue weighted by molar-refractivity contribution is 0.0980. The third-order valence-electron chi connectivity index (χ3n) is 4.65. The van der Waals surface area contributed by atoms with Crippen LogP contribution >= 0.6 is 11.3 Å². The molecule has 1 heterocycles. The topological polar surface area (TPSA) is 36.4 Å². The predicted molar refractivity (Wildman–Crippen MR) is 110 cm³/mol. The largest absolute Gasteiger partial charge is 0.302 e. The first kappa shape index (κ1) is 19.5. The molecule has 27 heavy (non-hydrogen) atoms. The molecular weight excluding hydrogens is 361 g/mol. The Balaban J connectivity index is 1.97. The molecule has 0 N–H and O–H groups in total. The summed E-state index contributed by atoms with van der Waals surface area (Å²) in [7, 11) is 0. The Morgan fingerprint density at radius 1 is 1.11 bits per heavy atom. The molecule has 3 aromatic rings. The molecule has 0 fully saturated rings. The molecule has 0 aliphatic heterocycles. The molecule has 6 heteroatoms. The van der Waals surface area contributed by atoms with Crippen LogP contribution in [0.2, 0.25) is 0 Å². The first-order valence-electron chi connectivity index (χ1n) is 9.19. The minimum absolute atomic E-state index is 0.0764. The maximum atomic E-state index is 14.2. The third kappa shape index (κ3) is 4.34. The fraction of sp³-hybridized carbons (Fsp3) is 0.333. The van der Waals surface area contributed by atoms with Crippen LogP contribution < -0.4 is 4.90 Å². The summed E-state index contributed by atoms with van der Waals surface area (Å²) < 4.78 is 15.3. The molecule has 1 amide bonds. The van der Waals surface area contributed by atoms with Crippen LogP contribution in [0.25, 0.3) is 10.2 Å². The Labute approximate surface area is 163 Å². The minimum Gasteiger partial charge on any atom is -0.302 e. The summed E-state index contributed by atoms with van der Waals surface area (Å²) >= 11 is 1.47. The summed E-state index contributed by atoms with van der Waals surface area (Å²) in [6, 6.07) is 12.1. The normalized spacial score (nSPS) is 11.3. The van der Waals surface area contributed by atoms with Gasteiger partial charge in [0.2, 0.25) is 0 Å². The molecule has 0 saturated carbocycles. The van der Waals surface area contributed by atoms with Gasteiger partial charge in [-0.1, -0.05) is 43.4 Å². The molecular formula is C21H24FN3OS. The number of rotatable bonds is 7. The highest BCUT2D eigenvalue weighted by Gasteiger charge is 2.24. The molecule has 0 unspecified atom stereocenters. The summed E-state index contributed by atoms with van der Waals surface area (Å²) in [5.41, 5.74) is 2.08. The van der Waals surface area contributed by atoms with Crippen LogP contribution in [0.4, 0.5) is 9.52 Å². The Morgan fingerprint density at radius 3 is 2.56 bits per heavy atom. The van der Waals surface area contributed by atoms with Crippen molar-refractivity contribution in [2.45, 2.75) is 20.8 Å². The molecule has 0 aliphatic carbocycles. The summed E-state index contributed by atoms with van der Waals surface area (Å²) in [4.78, 5) is 21.6. The van der Waals surface area contributed by atoms with E-state index in [1.165, 1.54) is 23.5 Å². The number of carbonyl (C=O) groups is 1. The molecule has 1 aromatic heterocycles. The lowest BCUT2D eigenvalue weighted by Crippen LogP contribution is -2.39. The van der Waals surface area contributed by atoms with Crippen molar-refractivity contribution in [3.63, 3.8) is 0 Å². The van der Waals surface area contributed by atoms with Crippen LogP contribution in [0.5, 0.6) is 0 Å². The number of hydrogen-bond acceptors (Lipinski definition) is 4. The molecule has 0 saturated heterocycles. The SMILES string of the molecule is CCN(CC)CCN(C(=O)c1ccccc1F)c1nc2ccc(C)cc2s1. The fourth-order valence-electron chi connectivity index (χ4n) is 2.98. The fourth-order valence-corrected chi connectivity index (χ4v) is 4.07. The van der Waals surface area contributed by atoms with E-state index in [-0.39, 0.29) is 11.5 Å². The Kier molecular flexibility index (Phi) is 6.19. The Bertz CT molecular complexity index is 936. The average molecular weight is 386 g/mol. The summed E-state index contributed by atoms with van der Waals surface area (Å²) in [6.45, 7) is 9.19. The molecule has 0 bridgehead atoms. The van der Waals surface area contributed by atoms with Crippen molar-refractivity contribution >= 4 is 32.6 Å². The van der Waals surface area contributed by atoms with E-state index in [1.807, 2.05) is 19.1 Å². The van der Waals surface area contributed by atoms with E-state index in [1.54, 1.807) is 17.0 Å². The van der Waals surface area contributed by atoms with E-state index in [0.29, 0.717) is 18.2 Å². The van der Waals surface area contributed by atoms with Crippen molar-refractivity contribution in [2.75, 3.05) is 31.1 Å². The lowest BCUT2D eigenvalue weighted by Gasteiger charge is -2.24. The van der Waals surface area contributed by atoms with E-state index in [2.05, 4.69) is 29.8 Å². The van der Waals surface area contributed by atoms with Crippen LogP contribution in [0, 0.1) is 12.7 Å². The zero-order chi connectivity index (χ0) is 19.4. The van der Waals surface area contributed by atoms with Crippen molar-refractivity contribution < 1.29 is 9.18 Å². The number of nitrogens with zero attached hydrogens (tertiary/aromatic N) is 3. The van der Waals surface area contributed by atoms with Gasteiger partial charge in [0.05, 0.1) is 15.8 Å².